The van der Waals surface area contributed by atoms with Gasteiger partial charge in [-0.3, -0.25) is 4.79 Å². The monoisotopic (exact) mass is 398 g/mol. The molecule has 0 saturated carbocycles. The Bertz CT molecular complexity index is 898. The average Bonchev–Trinajstić information content (AvgIpc) is 3.29. The Labute approximate surface area is 175 Å². The minimum atomic E-state index is -2.09. The molecular weight excluding hydrogens is 368 g/mol. The number of carbonyl (C=O) groups excluding carboxylic acids is 1. The first-order chi connectivity index (χ1) is 14.3. The third kappa shape index (κ3) is 3.74. The van der Waals surface area contributed by atoms with Crippen LogP contribution in [0.4, 0.5) is 0 Å². The molecule has 1 saturated heterocycles. The standard InChI is InChI=1S/C27H30OSi/c1-2-3-4-5-6-13-18-24-25-19-20-29(27(25)21-26(24)28,22-14-9-7-10-15-22)23-16-11-8-12-17-23/h6-18,21,25H,2-5,19-20H2,1H3/b13-6+,24-18+. The number of fused-ring (bicyclic) bond motifs is 1. The number of unbranched alkanes of at least 4 members (excludes halogenated alkanes) is 3. The number of rotatable bonds is 7. The molecule has 0 bridgehead atoms. The van der Waals surface area contributed by atoms with Crippen molar-refractivity contribution in [2.45, 2.75) is 45.1 Å². The van der Waals surface area contributed by atoms with Gasteiger partial charge in [0.2, 0.25) is 0 Å². The summed E-state index contributed by atoms with van der Waals surface area (Å²) in [4.78, 5) is 12.9. The van der Waals surface area contributed by atoms with Crippen LogP contribution in [0.25, 0.3) is 0 Å². The lowest BCUT2D eigenvalue weighted by Gasteiger charge is -2.30. The summed E-state index contributed by atoms with van der Waals surface area (Å²) in [5.74, 6) is 0.529. The van der Waals surface area contributed by atoms with Gasteiger partial charge in [0.25, 0.3) is 0 Å². The quantitative estimate of drug-likeness (QED) is 0.348. The summed E-state index contributed by atoms with van der Waals surface area (Å²) in [6.45, 7) is 2.23. The topological polar surface area (TPSA) is 17.1 Å². The number of benzene rings is 2. The van der Waals surface area contributed by atoms with Crippen LogP contribution in [0.5, 0.6) is 0 Å². The number of ketones is 1. The molecule has 1 heterocycles. The first kappa shape index (κ1) is 19.8. The number of allylic oxidation sites excluding steroid dienone is 6. The molecular formula is C27H30OSi. The Morgan fingerprint density at radius 3 is 2.24 bits per heavy atom. The van der Waals surface area contributed by atoms with Crippen molar-refractivity contribution < 1.29 is 4.79 Å². The average molecular weight is 399 g/mol. The van der Waals surface area contributed by atoms with Crippen LogP contribution < -0.4 is 10.4 Å². The lowest BCUT2D eigenvalue weighted by atomic mass is 9.99. The van der Waals surface area contributed by atoms with Gasteiger partial charge in [-0.15, -0.1) is 0 Å². The summed E-state index contributed by atoms with van der Waals surface area (Å²) in [7, 11) is -2.09. The van der Waals surface area contributed by atoms with E-state index in [9.17, 15) is 4.79 Å². The Balaban J connectivity index is 1.68. The first-order valence-corrected chi connectivity index (χ1v) is 13.2. The lowest BCUT2D eigenvalue weighted by Crippen LogP contribution is -2.58. The van der Waals surface area contributed by atoms with Crippen molar-refractivity contribution in [1.82, 2.24) is 0 Å². The highest BCUT2D eigenvalue weighted by molar-refractivity contribution is 7.08. The van der Waals surface area contributed by atoms with E-state index in [2.05, 4.69) is 85.8 Å². The molecule has 1 atom stereocenters. The molecule has 0 amide bonds. The third-order valence-electron chi connectivity index (χ3n) is 6.54. The molecule has 1 unspecified atom stereocenters. The van der Waals surface area contributed by atoms with Gasteiger partial charge in [0.15, 0.2) is 5.78 Å². The van der Waals surface area contributed by atoms with Crippen LogP contribution >= 0.6 is 0 Å². The van der Waals surface area contributed by atoms with E-state index in [1.165, 1.54) is 40.9 Å². The van der Waals surface area contributed by atoms with Crippen molar-refractivity contribution in [3.63, 3.8) is 0 Å². The maximum atomic E-state index is 12.9. The zero-order chi connectivity index (χ0) is 20.1. The van der Waals surface area contributed by atoms with E-state index < -0.39 is 8.07 Å². The molecule has 0 radical (unpaired) electrons. The van der Waals surface area contributed by atoms with Gasteiger partial charge in [-0.25, -0.2) is 0 Å². The molecule has 2 aliphatic rings. The van der Waals surface area contributed by atoms with Gasteiger partial charge in [-0.05, 0) is 41.8 Å². The van der Waals surface area contributed by atoms with Crippen LogP contribution in [-0.4, -0.2) is 13.9 Å². The smallest absolute Gasteiger partial charge is 0.182 e. The SMILES string of the molecule is CCCCC/C=C/C=C1/C(=O)C=C2C1CC[Si]2(c1ccccc1)c1ccccc1. The van der Waals surface area contributed by atoms with Gasteiger partial charge >= 0.3 is 0 Å². The van der Waals surface area contributed by atoms with Gasteiger partial charge in [-0.1, -0.05) is 104 Å². The molecule has 1 aliphatic heterocycles. The molecule has 4 rings (SSSR count). The second-order valence-corrected chi connectivity index (χ2v) is 12.3. The molecule has 0 aromatic heterocycles. The Hall–Kier alpha value is -2.45. The van der Waals surface area contributed by atoms with E-state index >= 15 is 0 Å². The van der Waals surface area contributed by atoms with Crippen molar-refractivity contribution in [1.29, 1.82) is 0 Å². The fourth-order valence-electron chi connectivity index (χ4n) is 5.11. The molecule has 2 aromatic rings. The van der Waals surface area contributed by atoms with Crippen molar-refractivity contribution in [3.8, 4) is 0 Å². The lowest BCUT2D eigenvalue weighted by molar-refractivity contribution is -0.111. The predicted octanol–water partition coefficient (Wildman–Crippen LogP) is 5.38. The molecule has 0 spiro atoms. The molecule has 1 aliphatic carbocycles. The number of carbonyl (C=O) groups is 1. The van der Waals surface area contributed by atoms with Crippen LogP contribution in [-0.2, 0) is 4.79 Å². The van der Waals surface area contributed by atoms with Gasteiger partial charge in [0, 0.05) is 11.5 Å². The van der Waals surface area contributed by atoms with E-state index in [0.29, 0.717) is 5.92 Å². The molecule has 148 valence electrons. The zero-order valence-corrected chi connectivity index (χ0v) is 18.3. The van der Waals surface area contributed by atoms with Gasteiger partial charge in [-0.2, -0.15) is 0 Å². The molecule has 1 fully saturated rings. The predicted molar refractivity (Wildman–Crippen MR) is 125 cm³/mol. The van der Waals surface area contributed by atoms with E-state index in [0.717, 1.165) is 18.4 Å². The summed E-state index contributed by atoms with van der Waals surface area (Å²) in [6, 6.07) is 23.1. The maximum Gasteiger partial charge on any atom is 0.182 e. The van der Waals surface area contributed by atoms with Crippen LogP contribution in [0.3, 0.4) is 0 Å². The molecule has 2 heteroatoms. The van der Waals surface area contributed by atoms with E-state index in [-0.39, 0.29) is 5.78 Å². The molecule has 2 aromatic carbocycles. The Morgan fingerprint density at radius 2 is 1.62 bits per heavy atom. The highest BCUT2D eigenvalue weighted by atomic mass is 28.3. The second-order valence-electron chi connectivity index (χ2n) is 8.24. The molecule has 0 N–H and O–H groups in total. The Kier molecular flexibility index (Phi) is 6.10. The summed E-state index contributed by atoms with van der Waals surface area (Å²) in [6.07, 6.45) is 14.4. The molecule has 1 nitrogen and oxygen atoms in total. The zero-order valence-electron chi connectivity index (χ0n) is 17.3. The summed E-state index contributed by atoms with van der Waals surface area (Å²) >= 11 is 0. The molecule has 29 heavy (non-hydrogen) atoms. The van der Waals surface area contributed by atoms with E-state index in [1.54, 1.807) is 0 Å². The van der Waals surface area contributed by atoms with Gasteiger partial charge in [0.05, 0.1) is 0 Å². The van der Waals surface area contributed by atoms with Crippen molar-refractivity contribution >= 4 is 24.2 Å². The summed E-state index contributed by atoms with van der Waals surface area (Å²) in [5.41, 5.74) is 1.01. The minimum absolute atomic E-state index is 0.228. The maximum absolute atomic E-state index is 12.9. The van der Waals surface area contributed by atoms with Crippen LogP contribution in [0.2, 0.25) is 6.04 Å². The second kappa shape index (κ2) is 8.92. The number of hydrogen-bond acceptors (Lipinski definition) is 1. The third-order valence-corrected chi connectivity index (χ3v) is 11.7. The fraction of sp³-hybridized carbons (Fsp3) is 0.296. The van der Waals surface area contributed by atoms with Gasteiger partial charge in [0.1, 0.15) is 8.07 Å². The Morgan fingerprint density at radius 1 is 0.966 bits per heavy atom. The number of hydrogen-bond donors (Lipinski definition) is 0. The largest absolute Gasteiger partial charge is 0.290 e. The van der Waals surface area contributed by atoms with Crippen LogP contribution in [0, 0.1) is 5.92 Å². The highest BCUT2D eigenvalue weighted by Crippen LogP contribution is 2.46. The van der Waals surface area contributed by atoms with Crippen molar-refractivity contribution in [3.05, 3.63) is 95.7 Å². The van der Waals surface area contributed by atoms with Crippen LogP contribution in [0.15, 0.2) is 95.7 Å². The summed E-state index contributed by atoms with van der Waals surface area (Å²) < 4.78 is 0. The van der Waals surface area contributed by atoms with E-state index in [4.69, 9.17) is 0 Å². The summed E-state index contributed by atoms with van der Waals surface area (Å²) in [5, 5.41) is 4.29. The minimum Gasteiger partial charge on any atom is -0.290 e. The van der Waals surface area contributed by atoms with Crippen molar-refractivity contribution in [2.24, 2.45) is 5.92 Å². The van der Waals surface area contributed by atoms with Gasteiger partial charge < -0.3 is 0 Å². The van der Waals surface area contributed by atoms with E-state index in [1.807, 2.05) is 6.08 Å². The highest BCUT2D eigenvalue weighted by Gasteiger charge is 2.52. The van der Waals surface area contributed by atoms with Crippen molar-refractivity contribution in [2.75, 3.05) is 0 Å². The first-order valence-electron chi connectivity index (χ1n) is 11.0. The normalized spacial score (nSPS) is 21.7. The van der Waals surface area contributed by atoms with Crippen LogP contribution in [0.1, 0.15) is 39.0 Å². The fourth-order valence-corrected chi connectivity index (χ4v) is 10.5.